The van der Waals surface area contributed by atoms with E-state index < -0.39 is 0 Å². The van der Waals surface area contributed by atoms with Crippen molar-refractivity contribution in [1.82, 2.24) is 0 Å². The van der Waals surface area contributed by atoms with Gasteiger partial charge in [0.2, 0.25) is 5.91 Å². The predicted octanol–water partition coefficient (Wildman–Crippen LogP) is 3.89. The lowest BCUT2D eigenvalue weighted by molar-refractivity contribution is -0.111. The zero-order chi connectivity index (χ0) is 19.2. The minimum absolute atomic E-state index is 0.197. The zero-order valence-corrected chi connectivity index (χ0v) is 16.4. The van der Waals surface area contributed by atoms with Crippen molar-refractivity contribution >= 4 is 40.6 Å². The lowest BCUT2D eigenvalue weighted by Gasteiger charge is -2.28. The summed E-state index contributed by atoms with van der Waals surface area (Å²) in [6.07, 6.45) is 3.34. The zero-order valence-electron chi connectivity index (χ0n) is 15.6. The number of halogens is 1. The first-order chi connectivity index (χ1) is 13.0. The highest BCUT2D eigenvalue weighted by Gasteiger charge is 2.11. The fourth-order valence-corrected chi connectivity index (χ4v) is 3.38. The van der Waals surface area contributed by atoms with Crippen molar-refractivity contribution in [2.45, 2.75) is 0 Å². The third-order valence-electron chi connectivity index (χ3n) is 4.39. The molecular weight excluding hydrogens is 362 g/mol. The van der Waals surface area contributed by atoms with Gasteiger partial charge in [-0.1, -0.05) is 29.8 Å². The molecule has 1 N–H and O–H groups in total. The highest BCUT2D eigenvalue weighted by atomic mass is 35.5. The van der Waals surface area contributed by atoms with E-state index in [9.17, 15) is 4.79 Å². The monoisotopic (exact) mass is 385 g/mol. The van der Waals surface area contributed by atoms with E-state index in [1.54, 1.807) is 12.1 Å². The molecule has 0 radical (unpaired) electrons. The quantitative estimate of drug-likeness (QED) is 0.793. The van der Waals surface area contributed by atoms with E-state index in [4.69, 9.17) is 16.3 Å². The summed E-state index contributed by atoms with van der Waals surface area (Å²) in [5.41, 5.74) is 3.62. The summed E-state index contributed by atoms with van der Waals surface area (Å²) >= 11 is 6.24. The topological polar surface area (TPSA) is 44.8 Å². The summed E-state index contributed by atoms with van der Waals surface area (Å²) in [4.78, 5) is 16.5. The number of para-hydroxylation sites is 1. The standard InChI is InChI=1S/C21H24ClN3O2/c1-24(2)21-18(22)4-3-5-19(21)23-20(26)11-8-16-6-9-17(10-7-16)25-12-14-27-15-13-25/h3-11H,12-15H2,1-2H3,(H,23,26). The first-order valence-corrected chi connectivity index (χ1v) is 9.30. The van der Waals surface area contributed by atoms with Crippen LogP contribution in [0.1, 0.15) is 5.56 Å². The van der Waals surface area contributed by atoms with Crippen LogP contribution < -0.4 is 15.1 Å². The van der Waals surface area contributed by atoms with Crippen molar-refractivity contribution in [3.8, 4) is 0 Å². The normalized spacial score (nSPS) is 14.4. The number of rotatable bonds is 5. The van der Waals surface area contributed by atoms with Crippen LogP contribution in [0.15, 0.2) is 48.5 Å². The van der Waals surface area contributed by atoms with Crippen molar-refractivity contribution in [3.63, 3.8) is 0 Å². The molecule has 1 heterocycles. The largest absolute Gasteiger partial charge is 0.378 e. The average Bonchev–Trinajstić information content (AvgIpc) is 2.67. The van der Waals surface area contributed by atoms with Crippen LogP contribution in [0.3, 0.4) is 0 Å². The Morgan fingerprint density at radius 2 is 1.85 bits per heavy atom. The second kappa shape index (κ2) is 8.93. The van der Waals surface area contributed by atoms with E-state index in [1.165, 1.54) is 11.8 Å². The molecule has 0 unspecified atom stereocenters. The Balaban J connectivity index is 1.64. The van der Waals surface area contributed by atoms with Gasteiger partial charge in [-0.2, -0.15) is 0 Å². The Labute approximate surface area is 165 Å². The molecule has 3 rings (SSSR count). The summed E-state index contributed by atoms with van der Waals surface area (Å²) in [5.74, 6) is -0.197. The Bertz CT molecular complexity index is 813. The first kappa shape index (κ1) is 19.3. The fourth-order valence-electron chi connectivity index (χ4n) is 3.03. The molecular formula is C21H24ClN3O2. The summed E-state index contributed by atoms with van der Waals surface area (Å²) in [5, 5.41) is 3.49. The van der Waals surface area contributed by atoms with Gasteiger partial charge in [0, 0.05) is 38.9 Å². The number of benzene rings is 2. The van der Waals surface area contributed by atoms with E-state index in [1.807, 2.05) is 43.3 Å². The van der Waals surface area contributed by atoms with Gasteiger partial charge in [0.15, 0.2) is 0 Å². The number of nitrogens with one attached hydrogen (secondary N) is 1. The van der Waals surface area contributed by atoms with Gasteiger partial charge in [-0.05, 0) is 35.9 Å². The van der Waals surface area contributed by atoms with Gasteiger partial charge < -0.3 is 19.9 Å². The maximum atomic E-state index is 12.3. The number of morpholine rings is 1. The minimum atomic E-state index is -0.197. The molecule has 0 saturated carbocycles. The van der Waals surface area contributed by atoms with Crippen LogP contribution in [0.25, 0.3) is 6.08 Å². The van der Waals surface area contributed by atoms with Crippen LogP contribution in [-0.2, 0) is 9.53 Å². The molecule has 1 aliphatic heterocycles. The first-order valence-electron chi connectivity index (χ1n) is 8.92. The molecule has 6 heteroatoms. The number of carbonyl (C=O) groups is 1. The van der Waals surface area contributed by atoms with Gasteiger partial charge >= 0.3 is 0 Å². The molecule has 2 aromatic carbocycles. The van der Waals surface area contributed by atoms with Crippen LogP contribution in [0.2, 0.25) is 5.02 Å². The van der Waals surface area contributed by atoms with E-state index in [2.05, 4.69) is 22.3 Å². The number of ether oxygens (including phenoxy) is 1. The van der Waals surface area contributed by atoms with Gasteiger partial charge in [-0.3, -0.25) is 4.79 Å². The smallest absolute Gasteiger partial charge is 0.248 e. The van der Waals surface area contributed by atoms with Crippen LogP contribution >= 0.6 is 11.6 Å². The van der Waals surface area contributed by atoms with Crippen LogP contribution in [0.4, 0.5) is 17.1 Å². The molecule has 0 spiro atoms. The summed E-state index contributed by atoms with van der Waals surface area (Å²) in [6, 6.07) is 13.6. The predicted molar refractivity (Wildman–Crippen MR) is 113 cm³/mol. The molecule has 0 aliphatic carbocycles. The molecule has 1 saturated heterocycles. The van der Waals surface area contributed by atoms with Gasteiger partial charge in [0.05, 0.1) is 29.6 Å². The Morgan fingerprint density at radius 1 is 1.15 bits per heavy atom. The van der Waals surface area contributed by atoms with E-state index in [-0.39, 0.29) is 5.91 Å². The number of nitrogens with zero attached hydrogens (tertiary/aromatic N) is 2. The summed E-state index contributed by atoms with van der Waals surface area (Å²) in [6.45, 7) is 3.34. The van der Waals surface area contributed by atoms with E-state index >= 15 is 0 Å². The number of carbonyl (C=O) groups excluding carboxylic acids is 1. The highest BCUT2D eigenvalue weighted by molar-refractivity contribution is 6.34. The SMILES string of the molecule is CN(C)c1c(Cl)cccc1NC(=O)C=Cc1ccc(N2CCOCC2)cc1. The average molecular weight is 386 g/mol. The number of hydrogen-bond donors (Lipinski definition) is 1. The molecule has 5 nitrogen and oxygen atoms in total. The van der Waals surface area contributed by atoms with Crippen LogP contribution in [0.5, 0.6) is 0 Å². The lowest BCUT2D eigenvalue weighted by atomic mass is 10.1. The molecule has 27 heavy (non-hydrogen) atoms. The van der Waals surface area contributed by atoms with Gasteiger partial charge in [-0.15, -0.1) is 0 Å². The van der Waals surface area contributed by atoms with E-state index in [0.29, 0.717) is 10.7 Å². The molecule has 1 fully saturated rings. The molecule has 1 aliphatic rings. The highest BCUT2D eigenvalue weighted by Crippen LogP contribution is 2.32. The summed E-state index contributed by atoms with van der Waals surface area (Å²) in [7, 11) is 3.78. The minimum Gasteiger partial charge on any atom is -0.378 e. The molecule has 0 bridgehead atoms. The summed E-state index contributed by atoms with van der Waals surface area (Å²) < 4.78 is 5.38. The van der Waals surface area contributed by atoms with Crippen molar-refractivity contribution in [2.75, 3.05) is 55.5 Å². The third-order valence-corrected chi connectivity index (χ3v) is 4.69. The molecule has 142 valence electrons. The maximum Gasteiger partial charge on any atom is 0.248 e. The van der Waals surface area contributed by atoms with Crippen LogP contribution in [-0.4, -0.2) is 46.3 Å². The van der Waals surface area contributed by atoms with Crippen molar-refractivity contribution in [3.05, 3.63) is 59.1 Å². The number of amides is 1. The van der Waals surface area contributed by atoms with Crippen molar-refractivity contribution < 1.29 is 9.53 Å². The van der Waals surface area contributed by atoms with Crippen molar-refractivity contribution in [2.24, 2.45) is 0 Å². The van der Waals surface area contributed by atoms with Crippen molar-refractivity contribution in [1.29, 1.82) is 0 Å². The Kier molecular flexibility index (Phi) is 6.37. The Hall–Kier alpha value is -2.50. The van der Waals surface area contributed by atoms with E-state index in [0.717, 1.165) is 37.6 Å². The van der Waals surface area contributed by atoms with Gasteiger partial charge in [0.25, 0.3) is 0 Å². The van der Waals surface area contributed by atoms with Crippen LogP contribution in [0, 0.1) is 0 Å². The van der Waals surface area contributed by atoms with Gasteiger partial charge in [-0.25, -0.2) is 0 Å². The molecule has 1 amide bonds. The molecule has 0 aromatic heterocycles. The number of anilines is 3. The molecule has 0 atom stereocenters. The lowest BCUT2D eigenvalue weighted by Crippen LogP contribution is -2.36. The van der Waals surface area contributed by atoms with Gasteiger partial charge in [0.1, 0.15) is 0 Å². The number of hydrogen-bond acceptors (Lipinski definition) is 4. The second-order valence-electron chi connectivity index (χ2n) is 6.54. The second-order valence-corrected chi connectivity index (χ2v) is 6.95. The maximum absolute atomic E-state index is 12.3. The fraction of sp³-hybridized carbons (Fsp3) is 0.286. The molecule has 2 aromatic rings. The third kappa shape index (κ3) is 5.02. The Morgan fingerprint density at radius 3 is 2.52 bits per heavy atom.